The Kier molecular flexibility index (Phi) is 5.13. The summed E-state index contributed by atoms with van der Waals surface area (Å²) in [6.07, 6.45) is 0.319. The van der Waals surface area contributed by atoms with Gasteiger partial charge in [-0.15, -0.1) is 0 Å². The van der Waals surface area contributed by atoms with Crippen molar-refractivity contribution in [1.29, 1.82) is 0 Å². The molecule has 1 unspecified atom stereocenters. The molecule has 0 saturated heterocycles. The molecular formula is C15H22N2O3. The fourth-order valence-electron chi connectivity index (χ4n) is 1.84. The largest absolute Gasteiger partial charge is 0.480 e. The molecule has 0 aliphatic carbocycles. The van der Waals surface area contributed by atoms with Crippen molar-refractivity contribution >= 4 is 17.7 Å². The van der Waals surface area contributed by atoms with Crippen molar-refractivity contribution in [3.05, 3.63) is 29.8 Å². The van der Waals surface area contributed by atoms with E-state index in [2.05, 4.69) is 5.32 Å². The smallest absolute Gasteiger partial charge is 0.329 e. The van der Waals surface area contributed by atoms with Crippen LogP contribution in [0.4, 0.5) is 10.5 Å². The lowest BCUT2D eigenvalue weighted by atomic mass is 10.00. The van der Waals surface area contributed by atoms with Crippen molar-refractivity contribution in [2.45, 2.75) is 39.7 Å². The summed E-state index contributed by atoms with van der Waals surface area (Å²) in [5.41, 5.74) is 0.549. The van der Waals surface area contributed by atoms with Gasteiger partial charge in [0.05, 0.1) is 0 Å². The van der Waals surface area contributed by atoms with Gasteiger partial charge in [0.15, 0.2) is 0 Å². The molecule has 2 N–H and O–H groups in total. The van der Waals surface area contributed by atoms with Gasteiger partial charge in [0.25, 0.3) is 0 Å². The van der Waals surface area contributed by atoms with Crippen LogP contribution in [-0.2, 0) is 4.79 Å². The topological polar surface area (TPSA) is 69.6 Å². The van der Waals surface area contributed by atoms with Crippen LogP contribution in [0, 0.1) is 6.92 Å². The molecule has 0 saturated carbocycles. The molecule has 0 heterocycles. The number of carbonyl (C=O) groups is 2. The first-order valence-electron chi connectivity index (χ1n) is 6.73. The molecule has 0 radical (unpaired) electrons. The summed E-state index contributed by atoms with van der Waals surface area (Å²) in [4.78, 5) is 25.1. The molecule has 20 heavy (non-hydrogen) atoms. The van der Waals surface area contributed by atoms with Gasteiger partial charge in [0.1, 0.15) is 5.54 Å². The van der Waals surface area contributed by atoms with Crippen molar-refractivity contribution in [3.8, 4) is 0 Å². The van der Waals surface area contributed by atoms with E-state index < -0.39 is 17.5 Å². The predicted molar refractivity (Wildman–Crippen MR) is 79.1 cm³/mol. The number of urea groups is 1. The van der Waals surface area contributed by atoms with Crippen LogP contribution in [-0.4, -0.2) is 29.2 Å². The quantitative estimate of drug-likeness (QED) is 0.870. The molecule has 0 bridgehead atoms. The first kappa shape index (κ1) is 16.0. The van der Waals surface area contributed by atoms with Crippen molar-refractivity contribution in [2.75, 3.05) is 11.4 Å². The third-order valence-electron chi connectivity index (χ3n) is 3.44. The van der Waals surface area contributed by atoms with Crippen molar-refractivity contribution in [1.82, 2.24) is 5.32 Å². The Morgan fingerprint density at radius 1 is 1.35 bits per heavy atom. The van der Waals surface area contributed by atoms with E-state index in [9.17, 15) is 14.7 Å². The molecule has 1 rings (SSSR count). The van der Waals surface area contributed by atoms with E-state index in [4.69, 9.17) is 0 Å². The number of anilines is 1. The zero-order chi connectivity index (χ0) is 15.3. The van der Waals surface area contributed by atoms with Gasteiger partial charge < -0.3 is 10.4 Å². The number of carbonyl (C=O) groups excluding carboxylic acids is 1. The number of carboxylic acids is 1. The van der Waals surface area contributed by atoms with E-state index in [0.29, 0.717) is 13.0 Å². The van der Waals surface area contributed by atoms with Crippen molar-refractivity contribution in [2.24, 2.45) is 0 Å². The number of benzene rings is 1. The molecule has 0 aliphatic heterocycles. The minimum Gasteiger partial charge on any atom is -0.480 e. The van der Waals surface area contributed by atoms with Crippen LogP contribution in [0.1, 0.15) is 32.8 Å². The summed E-state index contributed by atoms with van der Waals surface area (Å²) < 4.78 is 0. The average molecular weight is 278 g/mol. The lowest BCUT2D eigenvalue weighted by Crippen LogP contribution is -2.56. The zero-order valence-corrected chi connectivity index (χ0v) is 12.4. The molecule has 0 aromatic heterocycles. The molecule has 0 spiro atoms. The highest BCUT2D eigenvalue weighted by molar-refractivity contribution is 5.95. The third kappa shape index (κ3) is 3.50. The Labute approximate surface area is 119 Å². The number of amides is 2. The molecule has 0 aliphatic rings. The fourth-order valence-corrected chi connectivity index (χ4v) is 1.84. The molecule has 1 aromatic carbocycles. The van der Waals surface area contributed by atoms with Crippen LogP contribution in [0.3, 0.4) is 0 Å². The highest BCUT2D eigenvalue weighted by atomic mass is 16.4. The van der Waals surface area contributed by atoms with E-state index in [1.807, 2.05) is 38.1 Å². The van der Waals surface area contributed by atoms with Gasteiger partial charge in [0.2, 0.25) is 0 Å². The van der Waals surface area contributed by atoms with Gasteiger partial charge in [-0.05, 0) is 44.9 Å². The van der Waals surface area contributed by atoms with Crippen LogP contribution >= 0.6 is 0 Å². The number of rotatable bonds is 5. The highest BCUT2D eigenvalue weighted by Gasteiger charge is 2.34. The molecule has 1 atom stereocenters. The predicted octanol–water partition coefficient (Wildman–Crippen LogP) is 2.78. The summed E-state index contributed by atoms with van der Waals surface area (Å²) in [6, 6.07) is 7.15. The lowest BCUT2D eigenvalue weighted by molar-refractivity contribution is -0.143. The molecule has 5 nitrogen and oxygen atoms in total. The molecular weight excluding hydrogens is 256 g/mol. The van der Waals surface area contributed by atoms with Gasteiger partial charge >= 0.3 is 12.0 Å². The minimum atomic E-state index is -1.26. The normalized spacial score (nSPS) is 13.4. The average Bonchev–Trinajstić information content (AvgIpc) is 2.39. The SMILES string of the molecule is CCN(C(=O)NC(C)(CC)C(=O)O)c1cccc(C)c1. The number of aryl methyl sites for hydroxylation is 1. The standard InChI is InChI=1S/C15H22N2O3/c1-5-15(4,13(18)19)16-14(20)17(6-2)12-9-7-8-11(3)10-12/h7-10H,5-6H2,1-4H3,(H,16,20)(H,18,19). The van der Waals surface area contributed by atoms with E-state index >= 15 is 0 Å². The maximum Gasteiger partial charge on any atom is 0.329 e. The maximum absolute atomic E-state index is 12.3. The maximum atomic E-state index is 12.3. The van der Waals surface area contributed by atoms with Gasteiger partial charge in [-0.2, -0.15) is 0 Å². The van der Waals surface area contributed by atoms with Gasteiger partial charge in [-0.3, -0.25) is 4.90 Å². The zero-order valence-electron chi connectivity index (χ0n) is 12.4. The van der Waals surface area contributed by atoms with Crippen molar-refractivity contribution in [3.63, 3.8) is 0 Å². The Balaban J connectivity index is 2.96. The molecule has 110 valence electrons. The Morgan fingerprint density at radius 3 is 2.45 bits per heavy atom. The molecule has 1 aromatic rings. The summed E-state index contributed by atoms with van der Waals surface area (Å²) >= 11 is 0. The molecule has 0 fully saturated rings. The minimum absolute atomic E-state index is 0.319. The first-order valence-corrected chi connectivity index (χ1v) is 6.73. The van der Waals surface area contributed by atoms with E-state index in [0.717, 1.165) is 11.3 Å². The van der Waals surface area contributed by atoms with Crippen LogP contribution in [0.15, 0.2) is 24.3 Å². The van der Waals surface area contributed by atoms with E-state index in [1.165, 1.54) is 11.8 Å². The number of nitrogens with one attached hydrogen (secondary N) is 1. The summed E-state index contributed by atoms with van der Waals surface area (Å²) in [7, 11) is 0. The van der Waals surface area contributed by atoms with E-state index in [1.54, 1.807) is 6.92 Å². The van der Waals surface area contributed by atoms with Crippen molar-refractivity contribution < 1.29 is 14.7 Å². The van der Waals surface area contributed by atoms with Gasteiger partial charge in [-0.25, -0.2) is 9.59 Å². The number of nitrogens with zero attached hydrogens (tertiary/aromatic N) is 1. The molecule has 5 heteroatoms. The lowest BCUT2D eigenvalue weighted by Gasteiger charge is -2.29. The summed E-state index contributed by atoms with van der Waals surface area (Å²) in [5, 5.41) is 11.8. The molecule has 2 amide bonds. The second-order valence-electron chi connectivity index (χ2n) is 5.00. The number of carboxylic acid groups (broad SMARTS) is 1. The summed E-state index contributed by atoms with van der Waals surface area (Å²) in [6.45, 7) is 7.51. The first-order chi connectivity index (χ1) is 9.34. The monoisotopic (exact) mass is 278 g/mol. The second kappa shape index (κ2) is 6.41. The second-order valence-corrected chi connectivity index (χ2v) is 5.00. The Bertz CT molecular complexity index is 502. The number of hydrogen-bond acceptors (Lipinski definition) is 2. The number of aliphatic carboxylic acids is 1. The van der Waals surface area contributed by atoms with Crippen LogP contribution < -0.4 is 10.2 Å². The Hall–Kier alpha value is -2.04. The van der Waals surface area contributed by atoms with Crippen LogP contribution in [0.25, 0.3) is 0 Å². The van der Waals surface area contributed by atoms with E-state index in [-0.39, 0.29) is 0 Å². The fraction of sp³-hybridized carbons (Fsp3) is 0.467. The highest BCUT2D eigenvalue weighted by Crippen LogP contribution is 2.17. The Morgan fingerprint density at radius 2 is 2.00 bits per heavy atom. The van der Waals surface area contributed by atoms with Gasteiger partial charge in [-0.1, -0.05) is 19.1 Å². The summed E-state index contributed by atoms with van der Waals surface area (Å²) in [5.74, 6) is -1.03. The third-order valence-corrected chi connectivity index (χ3v) is 3.44. The van der Waals surface area contributed by atoms with Crippen LogP contribution in [0.2, 0.25) is 0 Å². The van der Waals surface area contributed by atoms with Crippen LogP contribution in [0.5, 0.6) is 0 Å². The number of hydrogen-bond donors (Lipinski definition) is 2. The van der Waals surface area contributed by atoms with Gasteiger partial charge in [0, 0.05) is 12.2 Å².